The van der Waals surface area contributed by atoms with Gasteiger partial charge in [-0.15, -0.1) is 0 Å². The van der Waals surface area contributed by atoms with Gasteiger partial charge in [0.05, 0.1) is 5.54 Å². The van der Waals surface area contributed by atoms with Crippen LogP contribution in [0.3, 0.4) is 0 Å². The van der Waals surface area contributed by atoms with E-state index in [1.165, 1.54) is 24.2 Å². The molecule has 0 aliphatic heterocycles. The fourth-order valence-corrected chi connectivity index (χ4v) is 5.77. The van der Waals surface area contributed by atoms with Gasteiger partial charge in [-0.1, -0.05) is 69.9 Å². The van der Waals surface area contributed by atoms with Crippen molar-refractivity contribution in [1.82, 2.24) is 10.2 Å². The zero-order valence-corrected chi connectivity index (χ0v) is 20.4. The molecule has 172 valence electrons. The lowest BCUT2D eigenvalue weighted by Crippen LogP contribution is -2.57. The van der Waals surface area contributed by atoms with Gasteiger partial charge in [-0.3, -0.25) is 9.59 Å². The Morgan fingerprint density at radius 2 is 1.90 bits per heavy atom. The first kappa shape index (κ1) is 25.1. The Morgan fingerprint density at radius 1 is 1.23 bits per heavy atom. The maximum absolute atomic E-state index is 13.3. The Bertz CT molecular complexity index is 771. The molecule has 31 heavy (non-hydrogen) atoms. The fraction of sp³-hybridized carbons (Fsp3) is 0.625. The molecule has 0 heterocycles. The number of likely N-dealkylation sites (N-methyl/N-ethyl adjacent to an activating group) is 1. The summed E-state index contributed by atoms with van der Waals surface area (Å²) in [5.41, 5.74) is 0.267. The highest BCUT2D eigenvalue weighted by Crippen LogP contribution is 2.35. The third-order valence-electron chi connectivity index (χ3n) is 6.29. The number of hydrogen-bond donors (Lipinski definition) is 2. The molecule has 2 amide bonds. The van der Waals surface area contributed by atoms with Gasteiger partial charge in [0.1, 0.15) is 6.29 Å². The molecule has 1 aliphatic rings. The van der Waals surface area contributed by atoms with E-state index in [1.54, 1.807) is 31.3 Å². The van der Waals surface area contributed by atoms with Gasteiger partial charge in [0.15, 0.2) is 0 Å². The Balaban J connectivity index is 2.37. The topological polar surface area (TPSA) is 86.7 Å². The van der Waals surface area contributed by atoms with Crippen LogP contribution in [0.2, 0.25) is 25.7 Å². The van der Waals surface area contributed by atoms with Crippen molar-refractivity contribution < 1.29 is 19.5 Å². The number of nitrogens with one attached hydrogen (secondary N) is 1. The van der Waals surface area contributed by atoms with Crippen LogP contribution in [0, 0.1) is 5.92 Å². The minimum atomic E-state index is -1.42. The summed E-state index contributed by atoms with van der Waals surface area (Å²) < 4.78 is 0. The molecular weight excluding hydrogens is 408 g/mol. The minimum absolute atomic E-state index is 0.242. The normalized spacial score (nSPS) is 16.9. The quantitative estimate of drug-likeness (QED) is 0.378. The fourth-order valence-electron chi connectivity index (χ4n) is 4.54. The van der Waals surface area contributed by atoms with Gasteiger partial charge in [0, 0.05) is 32.8 Å². The van der Waals surface area contributed by atoms with Gasteiger partial charge in [-0.25, -0.2) is 4.79 Å². The third kappa shape index (κ3) is 8.13. The molecule has 0 bridgehead atoms. The molecule has 1 aliphatic carbocycles. The number of hydrogen-bond acceptors (Lipinski definition) is 3. The van der Waals surface area contributed by atoms with Gasteiger partial charge in [-0.2, -0.15) is 0 Å². The Hall–Kier alpha value is -2.15. The number of carbonyl (C=O) groups is 3. The van der Waals surface area contributed by atoms with Crippen LogP contribution in [0.25, 0.3) is 0 Å². The second-order valence-corrected chi connectivity index (χ2v) is 16.0. The maximum atomic E-state index is 13.3. The summed E-state index contributed by atoms with van der Waals surface area (Å²) in [7, 11) is 0.155. The second kappa shape index (κ2) is 10.9. The molecule has 0 saturated heterocycles. The summed E-state index contributed by atoms with van der Waals surface area (Å²) in [6, 6.07) is 7.66. The van der Waals surface area contributed by atoms with Crippen molar-refractivity contribution in [1.29, 1.82) is 0 Å². The summed E-state index contributed by atoms with van der Waals surface area (Å²) in [5.74, 6) is 0.244. The van der Waals surface area contributed by atoms with E-state index < -0.39 is 19.7 Å². The van der Waals surface area contributed by atoms with E-state index in [1.807, 2.05) is 0 Å². The van der Waals surface area contributed by atoms with Crippen molar-refractivity contribution in [3.63, 3.8) is 0 Å². The molecule has 0 spiro atoms. The van der Waals surface area contributed by atoms with Gasteiger partial charge >= 0.3 is 6.09 Å². The molecule has 1 saturated carbocycles. The monoisotopic (exact) mass is 446 g/mol. The van der Waals surface area contributed by atoms with E-state index in [0.717, 1.165) is 38.0 Å². The maximum Gasteiger partial charge on any atom is 0.407 e. The summed E-state index contributed by atoms with van der Waals surface area (Å²) in [4.78, 5) is 37.4. The van der Waals surface area contributed by atoms with Crippen molar-refractivity contribution in [2.75, 3.05) is 13.6 Å². The van der Waals surface area contributed by atoms with Crippen LogP contribution >= 0.6 is 0 Å². The molecule has 0 aromatic heterocycles. The summed E-state index contributed by atoms with van der Waals surface area (Å²) in [6.45, 7) is 7.17. The van der Waals surface area contributed by atoms with E-state index in [9.17, 15) is 19.5 Å². The largest absolute Gasteiger partial charge is 0.465 e. The van der Waals surface area contributed by atoms with Crippen molar-refractivity contribution in [2.24, 2.45) is 5.92 Å². The highest BCUT2D eigenvalue weighted by molar-refractivity contribution is 6.76. The standard InChI is InChI=1S/C24H38N2O4Si/c1-26(23(29)30)18-24(13-14-31(2,3)4,16-19-9-6-5-7-10-19)25-22(28)21-12-8-11-20(15-21)17-27/h8,11-12,15,17,19H,5-7,9-10,13-14,16,18H2,1-4H3,(H,25,28)(H,29,30)/t24-/m0/s1. The molecule has 1 fully saturated rings. The molecular formula is C24H38N2O4Si. The van der Waals surface area contributed by atoms with Crippen LogP contribution < -0.4 is 5.32 Å². The number of amides is 2. The predicted octanol–water partition coefficient (Wildman–Crippen LogP) is 5.28. The van der Waals surface area contributed by atoms with Crippen molar-refractivity contribution >= 4 is 26.4 Å². The predicted molar refractivity (Wildman–Crippen MR) is 127 cm³/mol. The lowest BCUT2D eigenvalue weighted by molar-refractivity contribution is 0.0807. The number of carbonyl (C=O) groups excluding carboxylic acids is 2. The van der Waals surface area contributed by atoms with E-state index in [4.69, 9.17) is 0 Å². The first-order valence-corrected chi connectivity index (χ1v) is 15.1. The van der Waals surface area contributed by atoms with Crippen LogP contribution in [0.15, 0.2) is 24.3 Å². The number of aldehydes is 1. The zero-order chi connectivity index (χ0) is 23.1. The summed E-state index contributed by atoms with van der Waals surface area (Å²) in [6.07, 6.45) is 7.18. The average molecular weight is 447 g/mol. The second-order valence-electron chi connectivity index (χ2n) is 10.4. The number of nitrogens with zero attached hydrogens (tertiary/aromatic N) is 1. The van der Waals surface area contributed by atoms with Crippen LogP contribution in [-0.2, 0) is 0 Å². The molecule has 7 heteroatoms. The van der Waals surface area contributed by atoms with E-state index >= 15 is 0 Å². The lowest BCUT2D eigenvalue weighted by Gasteiger charge is -2.42. The SMILES string of the molecule is CN(C[C@](CC[Si](C)(C)C)(CC1CCCCC1)NC(=O)c1cccc(C=O)c1)C(=O)O. The minimum Gasteiger partial charge on any atom is -0.465 e. The highest BCUT2D eigenvalue weighted by atomic mass is 28.3. The first-order valence-electron chi connectivity index (χ1n) is 11.4. The molecule has 2 N–H and O–H groups in total. The van der Waals surface area contributed by atoms with E-state index in [0.29, 0.717) is 17.0 Å². The molecule has 0 unspecified atom stereocenters. The zero-order valence-electron chi connectivity index (χ0n) is 19.4. The van der Waals surface area contributed by atoms with Crippen LogP contribution in [-0.4, -0.2) is 55.5 Å². The van der Waals surface area contributed by atoms with E-state index in [-0.39, 0.29) is 12.5 Å². The lowest BCUT2D eigenvalue weighted by atomic mass is 9.77. The molecule has 1 atom stereocenters. The van der Waals surface area contributed by atoms with Crippen molar-refractivity contribution in [3.8, 4) is 0 Å². The van der Waals surface area contributed by atoms with Crippen molar-refractivity contribution in [3.05, 3.63) is 35.4 Å². The Labute approximate surface area is 187 Å². The third-order valence-corrected chi connectivity index (χ3v) is 8.04. The molecule has 1 aromatic carbocycles. The van der Waals surface area contributed by atoms with Crippen LogP contribution in [0.1, 0.15) is 65.7 Å². The van der Waals surface area contributed by atoms with Crippen LogP contribution in [0.4, 0.5) is 4.79 Å². The van der Waals surface area contributed by atoms with Crippen molar-refractivity contribution in [2.45, 2.75) is 76.2 Å². The number of benzene rings is 1. The molecule has 0 radical (unpaired) electrons. The summed E-state index contributed by atoms with van der Waals surface area (Å²) >= 11 is 0. The molecule has 2 rings (SSSR count). The highest BCUT2D eigenvalue weighted by Gasteiger charge is 2.38. The van der Waals surface area contributed by atoms with Gasteiger partial charge in [0.25, 0.3) is 5.91 Å². The summed E-state index contributed by atoms with van der Waals surface area (Å²) in [5, 5.41) is 12.8. The van der Waals surface area contributed by atoms with Gasteiger partial charge in [-0.05, 0) is 30.9 Å². The van der Waals surface area contributed by atoms with E-state index in [2.05, 4.69) is 25.0 Å². The Kier molecular flexibility index (Phi) is 8.86. The smallest absolute Gasteiger partial charge is 0.407 e. The van der Waals surface area contributed by atoms with Gasteiger partial charge < -0.3 is 15.3 Å². The number of carboxylic acid groups (broad SMARTS) is 1. The van der Waals surface area contributed by atoms with Crippen LogP contribution in [0.5, 0.6) is 0 Å². The number of rotatable bonds is 10. The molecule has 6 nitrogen and oxygen atoms in total. The average Bonchev–Trinajstić information content (AvgIpc) is 2.72. The first-order chi connectivity index (χ1) is 14.5. The Morgan fingerprint density at radius 3 is 2.48 bits per heavy atom. The molecule has 1 aromatic rings. The van der Waals surface area contributed by atoms with Gasteiger partial charge in [0.2, 0.25) is 0 Å².